The molecule has 0 bridgehead atoms. The lowest BCUT2D eigenvalue weighted by molar-refractivity contribution is -0.112. The lowest BCUT2D eigenvalue weighted by Crippen LogP contribution is -2.16. The molecular weight excluding hydrogens is 334 g/mol. The molecule has 2 aromatic carbocycles. The second-order valence-electron chi connectivity index (χ2n) is 7.84. The smallest absolute Gasteiger partial charge is 0.267 e. The molecule has 0 atom stereocenters. The summed E-state index contributed by atoms with van der Waals surface area (Å²) < 4.78 is 0. The molecule has 0 saturated heterocycles. The Morgan fingerprint density at radius 3 is 2.26 bits per heavy atom. The third kappa shape index (κ3) is 5.46. The van der Waals surface area contributed by atoms with Gasteiger partial charge in [0.1, 0.15) is 11.6 Å². The molecule has 0 aromatic heterocycles. The maximum Gasteiger partial charge on any atom is 0.267 e. The topological polar surface area (TPSA) is 64.9 Å². The average Bonchev–Trinajstić information content (AvgIpc) is 2.62. The van der Waals surface area contributed by atoms with Gasteiger partial charge < -0.3 is 10.6 Å². The second kappa shape index (κ2) is 8.55. The standard InChI is InChI=1S/C23H27N3O/c1-16(2)17-10-12-19(13-11-17)26-22(27)18(14-24)15-25-21-9-7-6-8-20(21)23(3,4)5/h6-13,15-16,25H,1-5H3,(H,26,27)/b18-15-. The van der Waals surface area contributed by atoms with Crippen molar-refractivity contribution in [3.05, 3.63) is 71.4 Å². The molecule has 2 aromatic rings. The number of rotatable bonds is 5. The summed E-state index contributed by atoms with van der Waals surface area (Å²) in [6, 6.07) is 17.5. The van der Waals surface area contributed by atoms with E-state index < -0.39 is 5.91 Å². The summed E-state index contributed by atoms with van der Waals surface area (Å²) in [4.78, 5) is 12.4. The molecule has 2 rings (SSSR count). The molecule has 27 heavy (non-hydrogen) atoms. The van der Waals surface area contributed by atoms with Gasteiger partial charge in [-0.05, 0) is 40.7 Å². The van der Waals surface area contributed by atoms with E-state index in [-0.39, 0.29) is 11.0 Å². The fraction of sp³-hybridized carbons (Fsp3) is 0.304. The molecule has 4 heteroatoms. The quantitative estimate of drug-likeness (QED) is 0.541. The van der Waals surface area contributed by atoms with Crippen molar-refractivity contribution >= 4 is 17.3 Å². The highest BCUT2D eigenvalue weighted by Gasteiger charge is 2.17. The number of carbonyl (C=O) groups is 1. The van der Waals surface area contributed by atoms with E-state index in [0.717, 1.165) is 11.3 Å². The number of hydrogen-bond donors (Lipinski definition) is 2. The number of nitrogens with one attached hydrogen (secondary N) is 2. The van der Waals surface area contributed by atoms with Crippen molar-refractivity contribution in [2.24, 2.45) is 0 Å². The van der Waals surface area contributed by atoms with Gasteiger partial charge in [0.15, 0.2) is 0 Å². The van der Waals surface area contributed by atoms with Crippen LogP contribution in [0, 0.1) is 11.3 Å². The largest absolute Gasteiger partial charge is 0.360 e. The van der Waals surface area contributed by atoms with E-state index in [1.165, 1.54) is 11.8 Å². The van der Waals surface area contributed by atoms with Gasteiger partial charge in [0.2, 0.25) is 0 Å². The van der Waals surface area contributed by atoms with Crippen molar-refractivity contribution in [1.82, 2.24) is 0 Å². The average molecular weight is 361 g/mol. The maximum absolute atomic E-state index is 12.4. The first kappa shape index (κ1) is 20.3. The fourth-order valence-corrected chi connectivity index (χ4v) is 2.71. The minimum atomic E-state index is -0.435. The SMILES string of the molecule is CC(C)c1ccc(NC(=O)/C(C#N)=C\Nc2ccccc2C(C)(C)C)cc1. The molecule has 0 aliphatic heterocycles. The lowest BCUT2D eigenvalue weighted by Gasteiger charge is -2.22. The highest BCUT2D eigenvalue weighted by molar-refractivity contribution is 6.06. The Bertz CT molecular complexity index is 866. The van der Waals surface area contributed by atoms with Gasteiger partial charge in [-0.25, -0.2) is 0 Å². The number of para-hydroxylation sites is 1. The van der Waals surface area contributed by atoms with E-state index in [4.69, 9.17) is 0 Å². The van der Waals surface area contributed by atoms with Crippen molar-refractivity contribution in [3.63, 3.8) is 0 Å². The monoisotopic (exact) mass is 361 g/mol. The summed E-state index contributed by atoms with van der Waals surface area (Å²) in [7, 11) is 0. The number of nitrogens with zero attached hydrogens (tertiary/aromatic N) is 1. The zero-order chi connectivity index (χ0) is 20.0. The van der Waals surface area contributed by atoms with Crippen molar-refractivity contribution in [3.8, 4) is 6.07 Å². The van der Waals surface area contributed by atoms with Gasteiger partial charge in [-0.1, -0.05) is 65.0 Å². The van der Waals surface area contributed by atoms with E-state index in [0.29, 0.717) is 11.6 Å². The lowest BCUT2D eigenvalue weighted by atomic mass is 9.86. The maximum atomic E-state index is 12.4. The van der Waals surface area contributed by atoms with Crippen molar-refractivity contribution in [1.29, 1.82) is 5.26 Å². The second-order valence-corrected chi connectivity index (χ2v) is 7.84. The first-order chi connectivity index (χ1) is 12.7. The first-order valence-electron chi connectivity index (χ1n) is 9.10. The molecule has 0 aliphatic rings. The van der Waals surface area contributed by atoms with Crippen molar-refractivity contribution in [2.75, 3.05) is 10.6 Å². The number of anilines is 2. The summed E-state index contributed by atoms with van der Waals surface area (Å²) in [6.07, 6.45) is 1.46. The van der Waals surface area contributed by atoms with Crippen LogP contribution in [0.1, 0.15) is 51.7 Å². The van der Waals surface area contributed by atoms with Crippen LogP contribution in [0.5, 0.6) is 0 Å². The number of benzene rings is 2. The highest BCUT2D eigenvalue weighted by atomic mass is 16.1. The van der Waals surface area contributed by atoms with Crippen LogP contribution in [0.4, 0.5) is 11.4 Å². The molecule has 140 valence electrons. The van der Waals surface area contributed by atoms with Gasteiger partial charge in [0.25, 0.3) is 5.91 Å². The van der Waals surface area contributed by atoms with Crippen molar-refractivity contribution < 1.29 is 4.79 Å². The molecule has 2 N–H and O–H groups in total. The summed E-state index contributed by atoms with van der Waals surface area (Å²) >= 11 is 0. The molecule has 0 radical (unpaired) electrons. The molecule has 1 amide bonds. The van der Waals surface area contributed by atoms with Gasteiger partial charge in [-0.2, -0.15) is 5.26 Å². The van der Waals surface area contributed by atoms with Crippen LogP contribution in [0.2, 0.25) is 0 Å². The predicted octanol–water partition coefficient (Wildman–Crippen LogP) is 5.57. The Labute approximate surface area is 161 Å². The Hall–Kier alpha value is -3.06. The number of carbonyl (C=O) groups excluding carboxylic acids is 1. The summed E-state index contributed by atoms with van der Waals surface area (Å²) in [5.74, 6) is -0.00746. The molecule has 0 saturated carbocycles. The van der Waals surface area contributed by atoms with Crippen LogP contribution >= 0.6 is 0 Å². The zero-order valence-electron chi connectivity index (χ0n) is 16.6. The van der Waals surface area contributed by atoms with Crippen LogP contribution in [-0.2, 0) is 10.2 Å². The predicted molar refractivity (Wildman–Crippen MR) is 112 cm³/mol. The molecule has 0 aliphatic carbocycles. The Kier molecular flexibility index (Phi) is 6.41. The van der Waals surface area contributed by atoms with Gasteiger partial charge in [0, 0.05) is 17.6 Å². The van der Waals surface area contributed by atoms with Gasteiger partial charge >= 0.3 is 0 Å². The fourth-order valence-electron chi connectivity index (χ4n) is 2.71. The van der Waals surface area contributed by atoms with Gasteiger partial charge in [0.05, 0.1) is 0 Å². The van der Waals surface area contributed by atoms with Crippen LogP contribution in [-0.4, -0.2) is 5.91 Å². The summed E-state index contributed by atoms with van der Waals surface area (Å²) in [6.45, 7) is 10.6. The number of nitriles is 1. The molecule has 4 nitrogen and oxygen atoms in total. The van der Waals surface area contributed by atoms with Crippen LogP contribution < -0.4 is 10.6 Å². The molecule has 0 spiro atoms. The van der Waals surface area contributed by atoms with Gasteiger partial charge in [-0.3, -0.25) is 4.79 Å². The molecule has 0 fully saturated rings. The number of amides is 1. The third-order valence-electron chi connectivity index (χ3n) is 4.31. The van der Waals surface area contributed by atoms with E-state index in [2.05, 4.69) is 45.3 Å². The van der Waals surface area contributed by atoms with Crippen LogP contribution in [0.15, 0.2) is 60.3 Å². The Morgan fingerprint density at radius 2 is 1.70 bits per heavy atom. The van der Waals surface area contributed by atoms with E-state index >= 15 is 0 Å². The minimum Gasteiger partial charge on any atom is -0.360 e. The normalized spacial score (nSPS) is 11.8. The molecule has 0 unspecified atom stereocenters. The summed E-state index contributed by atoms with van der Waals surface area (Å²) in [5, 5.41) is 15.3. The summed E-state index contributed by atoms with van der Waals surface area (Å²) in [5.41, 5.74) is 3.83. The van der Waals surface area contributed by atoms with Crippen LogP contribution in [0.3, 0.4) is 0 Å². The Balaban J connectivity index is 2.15. The molecular formula is C23H27N3O. The van der Waals surface area contributed by atoms with E-state index in [9.17, 15) is 10.1 Å². The van der Waals surface area contributed by atoms with Crippen molar-refractivity contribution in [2.45, 2.75) is 46.0 Å². The Morgan fingerprint density at radius 1 is 1.07 bits per heavy atom. The third-order valence-corrected chi connectivity index (χ3v) is 4.31. The molecule has 0 heterocycles. The minimum absolute atomic E-state index is 0.0200. The zero-order valence-corrected chi connectivity index (χ0v) is 16.6. The highest BCUT2D eigenvalue weighted by Crippen LogP contribution is 2.29. The van der Waals surface area contributed by atoms with E-state index in [1.54, 1.807) is 0 Å². The van der Waals surface area contributed by atoms with E-state index in [1.807, 2.05) is 54.6 Å². The van der Waals surface area contributed by atoms with Crippen LogP contribution in [0.25, 0.3) is 0 Å². The first-order valence-corrected chi connectivity index (χ1v) is 9.10. The number of hydrogen-bond acceptors (Lipinski definition) is 3. The van der Waals surface area contributed by atoms with Gasteiger partial charge in [-0.15, -0.1) is 0 Å².